The van der Waals surface area contributed by atoms with Crippen LogP contribution in [0.5, 0.6) is 11.5 Å². The van der Waals surface area contributed by atoms with E-state index in [1.54, 1.807) is 24.3 Å². The highest BCUT2D eigenvalue weighted by Gasteiger charge is 2.09. The molecule has 0 spiro atoms. The van der Waals surface area contributed by atoms with Crippen LogP contribution in [0.15, 0.2) is 36.4 Å². The van der Waals surface area contributed by atoms with Gasteiger partial charge in [0.1, 0.15) is 11.8 Å². The van der Waals surface area contributed by atoms with Crippen LogP contribution in [0.3, 0.4) is 0 Å². The number of nitriles is 1. The molecule has 0 atom stereocenters. The molecule has 0 aliphatic rings. The molecule has 0 fully saturated rings. The molecular weight excluding hydrogens is 309 g/mol. The second-order valence-electron chi connectivity index (χ2n) is 4.11. The molecule has 2 aromatic rings. The number of ether oxygens (including phenoxy) is 1. The SMILES string of the molecule is Cc1ccc(F)c(Oc2ccc(CBr)cc2C#N)c1. The summed E-state index contributed by atoms with van der Waals surface area (Å²) >= 11 is 3.32. The number of hydrogen-bond donors (Lipinski definition) is 0. The molecule has 0 aliphatic heterocycles. The lowest BCUT2D eigenvalue weighted by molar-refractivity contribution is 0.440. The lowest BCUT2D eigenvalue weighted by Crippen LogP contribution is -1.93. The maximum atomic E-state index is 13.6. The fraction of sp³-hybridized carbons (Fsp3) is 0.133. The van der Waals surface area contributed by atoms with Crippen LogP contribution in [-0.4, -0.2) is 0 Å². The monoisotopic (exact) mass is 319 g/mol. The second-order valence-corrected chi connectivity index (χ2v) is 4.67. The molecule has 0 saturated heterocycles. The molecule has 0 aromatic heterocycles. The van der Waals surface area contributed by atoms with Gasteiger partial charge in [0.05, 0.1) is 5.56 Å². The predicted octanol–water partition coefficient (Wildman–Crippen LogP) is 4.69. The zero-order valence-corrected chi connectivity index (χ0v) is 11.9. The van der Waals surface area contributed by atoms with E-state index in [2.05, 4.69) is 22.0 Å². The van der Waals surface area contributed by atoms with Gasteiger partial charge >= 0.3 is 0 Å². The zero-order chi connectivity index (χ0) is 13.8. The highest BCUT2D eigenvalue weighted by atomic mass is 79.9. The van der Waals surface area contributed by atoms with Crippen LogP contribution < -0.4 is 4.74 Å². The molecule has 0 amide bonds. The Kier molecular flexibility index (Phi) is 4.18. The van der Waals surface area contributed by atoms with Gasteiger partial charge in [0.15, 0.2) is 11.6 Å². The first-order valence-electron chi connectivity index (χ1n) is 5.67. The number of hydrogen-bond acceptors (Lipinski definition) is 2. The Morgan fingerprint density at radius 2 is 2.00 bits per heavy atom. The van der Waals surface area contributed by atoms with Crippen LogP contribution in [0, 0.1) is 24.1 Å². The van der Waals surface area contributed by atoms with Crippen molar-refractivity contribution < 1.29 is 9.13 Å². The minimum atomic E-state index is -0.445. The Labute approximate surface area is 119 Å². The topological polar surface area (TPSA) is 33.0 Å². The molecule has 0 N–H and O–H groups in total. The molecule has 0 unspecified atom stereocenters. The molecule has 2 aromatic carbocycles. The Hall–Kier alpha value is -1.86. The van der Waals surface area contributed by atoms with E-state index in [0.29, 0.717) is 16.6 Å². The standard InChI is InChI=1S/C15H11BrFNO/c1-10-2-4-13(17)15(6-10)19-14-5-3-11(8-16)7-12(14)9-18/h2-7H,8H2,1H3. The summed E-state index contributed by atoms with van der Waals surface area (Å²) in [5.41, 5.74) is 2.25. The average molecular weight is 320 g/mol. The first kappa shape index (κ1) is 13.6. The van der Waals surface area contributed by atoms with Crippen LogP contribution in [0.4, 0.5) is 4.39 Å². The molecule has 0 aliphatic carbocycles. The third kappa shape index (κ3) is 3.12. The van der Waals surface area contributed by atoms with Crippen molar-refractivity contribution in [3.8, 4) is 17.6 Å². The smallest absolute Gasteiger partial charge is 0.165 e. The molecule has 0 heterocycles. The third-order valence-corrected chi connectivity index (χ3v) is 3.27. The minimum Gasteiger partial charge on any atom is -0.453 e. The highest BCUT2D eigenvalue weighted by Crippen LogP contribution is 2.29. The number of alkyl halides is 1. The number of nitrogens with zero attached hydrogens (tertiary/aromatic N) is 1. The van der Waals surface area contributed by atoms with Gasteiger partial charge in [-0.05, 0) is 42.3 Å². The van der Waals surface area contributed by atoms with Crippen molar-refractivity contribution in [2.75, 3.05) is 0 Å². The summed E-state index contributed by atoms with van der Waals surface area (Å²) in [4.78, 5) is 0. The molecule has 4 heteroatoms. The van der Waals surface area contributed by atoms with Crippen LogP contribution in [-0.2, 0) is 5.33 Å². The normalized spacial score (nSPS) is 10.0. The van der Waals surface area contributed by atoms with Gasteiger partial charge in [-0.1, -0.05) is 28.1 Å². The van der Waals surface area contributed by atoms with Gasteiger partial charge in [0, 0.05) is 5.33 Å². The maximum Gasteiger partial charge on any atom is 0.165 e. The highest BCUT2D eigenvalue weighted by molar-refractivity contribution is 9.08. The van der Waals surface area contributed by atoms with Crippen molar-refractivity contribution in [2.45, 2.75) is 12.3 Å². The van der Waals surface area contributed by atoms with E-state index in [1.165, 1.54) is 6.07 Å². The lowest BCUT2D eigenvalue weighted by Gasteiger charge is -2.09. The van der Waals surface area contributed by atoms with Crippen LogP contribution in [0.1, 0.15) is 16.7 Å². The zero-order valence-electron chi connectivity index (χ0n) is 10.3. The molecule has 0 bridgehead atoms. The van der Waals surface area contributed by atoms with E-state index in [0.717, 1.165) is 11.1 Å². The molecule has 0 radical (unpaired) electrons. The van der Waals surface area contributed by atoms with Gasteiger partial charge in [-0.2, -0.15) is 5.26 Å². The first-order valence-corrected chi connectivity index (χ1v) is 6.79. The predicted molar refractivity (Wildman–Crippen MR) is 75.0 cm³/mol. The summed E-state index contributed by atoms with van der Waals surface area (Å²) in [6.07, 6.45) is 0. The molecule has 19 heavy (non-hydrogen) atoms. The van der Waals surface area contributed by atoms with Gasteiger partial charge in [0.2, 0.25) is 0 Å². The van der Waals surface area contributed by atoms with Crippen LogP contribution in [0.2, 0.25) is 0 Å². The summed E-state index contributed by atoms with van der Waals surface area (Å²) in [7, 11) is 0. The number of benzene rings is 2. The van der Waals surface area contributed by atoms with Crippen molar-refractivity contribution in [1.29, 1.82) is 5.26 Å². The summed E-state index contributed by atoms with van der Waals surface area (Å²) in [5, 5.41) is 9.75. The molecule has 0 saturated carbocycles. The molecule has 2 rings (SSSR count). The first-order chi connectivity index (χ1) is 9.13. The van der Waals surface area contributed by atoms with E-state index in [1.807, 2.05) is 13.0 Å². The van der Waals surface area contributed by atoms with Gasteiger partial charge < -0.3 is 4.74 Å². The quantitative estimate of drug-likeness (QED) is 0.769. The Morgan fingerprint density at radius 1 is 1.21 bits per heavy atom. The summed E-state index contributed by atoms with van der Waals surface area (Å²) in [5.74, 6) is 0.0406. The fourth-order valence-corrected chi connectivity index (χ4v) is 1.99. The Balaban J connectivity index is 2.38. The third-order valence-electron chi connectivity index (χ3n) is 2.63. The van der Waals surface area contributed by atoms with Crippen LogP contribution in [0.25, 0.3) is 0 Å². The number of halogens is 2. The van der Waals surface area contributed by atoms with Crippen molar-refractivity contribution in [3.05, 3.63) is 58.9 Å². The second kappa shape index (κ2) is 5.85. The van der Waals surface area contributed by atoms with E-state index in [9.17, 15) is 4.39 Å². The number of aryl methyl sites for hydroxylation is 1. The van der Waals surface area contributed by atoms with Gasteiger partial charge in [-0.25, -0.2) is 4.39 Å². The van der Waals surface area contributed by atoms with Crippen molar-refractivity contribution in [1.82, 2.24) is 0 Å². The van der Waals surface area contributed by atoms with Crippen molar-refractivity contribution >= 4 is 15.9 Å². The summed E-state index contributed by atoms with van der Waals surface area (Å²) < 4.78 is 19.1. The summed E-state index contributed by atoms with van der Waals surface area (Å²) in [6, 6.07) is 11.9. The van der Waals surface area contributed by atoms with E-state index in [-0.39, 0.29) is 5.75 Å². The molecule has 96 valence electrons. The Morgan fingerprint density at radius 3 is 2.68 bits per heavy atom. The van der Waals surface area contributed by atoms with Gasteiger partial charge in [0.25, 0.3) is 0 Å². The van der Waals surface area contributed by atoms with E-state index < -0.39 is 5.82 Å². The Bertz CT molecular complexity index is 649. The molecule has 2 nitrogen and oxygen atoms in total. The minimum absolute atomic E-state index is 0.128. The largest absolute Gasteiger partial charge is 0.453 e. The van der Waals surface area contributed by atoms with E-state index >= 15 is 0 Å². The van der Waals surface area contributed by atoms with Crippen LogP contribution >= 0.6 is 15.9 Å². The number of rotatable bonds is 3. The van der Waals surface area contributed by atoms with Crippen molar-refractivity contribution in [3.63, 3.8) is 0 Å². The van der Waals surface area contributed by atoms with Gasteiger partial charge in [-0.15, -0.1) is 0 Å². The molecular formula is C15H11BrFNO. The average Bonchev–Trinajstić information content (AvgIpc) is 2.43. The lowest BCUT2D eigenvalue weighted by atomic mass is 10.1. The van der Waals surface area contributed by atoms with Gasteiger partial charge in [-0.3, -0.25) is 0 Å². The fourth-order valence-electron chi connectivity index (χ4n) is 1.64. The maximum absolute atomic E-state index is 13.6. The summed E-state index contributed by atoms with van der Waals surface area (Å²) in [6.45, 7) is 1.85. The van der Waals surface area contributed by atoms with Crippen molar-refractivity contribution in [2.24, 2.45) is 0 Å². The van der Waals surface area contributed by atoms with E-state index in [4.69, 9.17) is 10.00 Å².